The van der Waals surface area contributed by atoms with Gasteiger partial charge in [0.15, 0.2) is 0 Å². The molecule has 0 aliphatic carbocycles. The van der Waals surface area contributed by atoms with Gasteiger partial charge in [0, 0.05) is 31.9 Å². The smallest absolute Gasteiger partial charge is 0.352 e. The minimum absolute atomic E-state index is 0.371. The fourth-order valence-corrected chi connectivity index (χ4v) is 2.12. The van der Waals surface area contributed by atoms with Crippen molar-refractivity contribution in [1.82, 2.24) is 9.47 Å². The molecule has 0 radical (unpaired) electrons. The standard InChI is InChI=1S/C12H18N2O3/c1-10-2-3-11(12(15)16)14(10)5-4-13-6-8-17-9-7-13/h2-3H,4-9H2,1H3,(H,15,16). The number of rotatable bonds is 4. The van der Waals surface area contributed by atoms with Gasteiger partial charge in [-0.05, 0) is 19.1 Å². The third-order valence-corrected chi connectivity index (χ3v) is 3.16. The van der Waals surface area contributed by atoms with Crippen LogP contribution in [-0.4, -0.2) is 53.4 Å². The first-order valence-corrected chi connectivity index (χ1v) is 5.88. The first-order chi connectivity index (χ1) is 8.18. The molecule has 1 saturated heterocycles. The van der Waals surface area contributed by atoms with E-state index >= 15 is 0 Å². The number of carbonyl (C=O) groups is 1. The molecule has 5 heteroatoms. The van der Waals surface area contributed by atoms with E-state index in [4.69, 9.17) is 9.84 Å². The summed E-state index contributed by atoms with van der Waals surface area (Å²) in [5, 5.41) is 9.06. The summed E-state index contributed by atoms with van der Waals surface area (Å²) < 4.78 is 7.14. The minimum atomic E-state index is -0.861. The molecule has 17 heavy (non-hydrogen) atoms. The van der Waals surface area contributed by atoms with Crippen LogP contribution in [0.4, 0.5) is 0 Å². The number of nitrogens with zero attached hydrogens (tertiary/aromatic N) is 2. The van der Waals surface area contributed by atoms with Gasteiger partial charge in [-0.3, -0.25) is 4.90 Å². The highest BCUT2D eigenvalue weighted by atomic mass is 16.5. The Bertz CT molecular complexity index is 394. The van der Waals surface area contributed by atoms with Crippen LogP contribution in [0.1, 0.15) is 16.2 Å². The summed E-state index contributed by atoms with van der Waals surface area (Å²) in [7, 11) is 0. The van der Waals surface area contributed by atoms with Crippen molar-refractivity contribution in [2.75, 3.05) is 32.8 Å². The van der Waals surface area contributed by atoms with Crippen LogP contribution in [0.15, 0.2) is 12.1 Å². The molecule has 1 aliphatic rings. The lowest BCUT2D eigenvalue weighted by Crippen LogP contribution is -2.38. The first-order valence-electron chi connectivity index (χ1n) is 5.88. The Morgan fingerprint density at radius 2 is 2.06 bits per heavy atom. The predicted molar refractivity (Wildman–Crippen MR) is 63.4 cm³/mol. The van der Waals surface area contributed by atoms with Crippen molar-refractivity contribution in [3.63, 3.8) is 0 Å². The van der Waals surface area contributed by atoms with Gasteiger partial charge in [0.25, 0.3) is 0 Å². The quantitative estimate of drug-likeness (QED) is 0.844. The molecule has 2 heterocycles. The number of hydrogen-bond acceptors (Lipinski definition) is 3. The summed E-state index contributed by atoms with van der Waals surface area (Å²) in [5.41, 5.74) is 1.37. The molecule has 0 bridgehead atoms. The number of aromatic nitrogens is 1. The second kappa shape index (κ2) is 5.33. The number of ether oxygens (including phenoxy) is 1. The molecule has 0 aromatic carbocycles. The average Bonchev–Trinajstić information content (AvgIpc) is 2.69. The van der Waals surface area contributed by atoms with Gasteiger partial charge in [0.05, 0.1) is 13.2 Å². The van der Waals surface area contributed by atoms with Gasteiger partial charge in [0.2, 0.25) is 0 Å². The zero-order valence-electron chi connectivity index (χ0n) is 10.1. The lowest BCUT2D eigenvalue weighted by atomic mass is 10.4. The Labute approximate surface area is 101 Å². The van der Waals surface area contributed by atoms with Gasteiger partial charge in [-0.2, -0.15) is 0 Å². The van der Waals surface area contributed by atoms with E-state index in [2.05, 4.69) is 4.90 Å². The van der Waals surface area contributed by atoms with Gasteiger partial charge in [0.1, 0.15) is 5.69 Å². The topological polar surface area (TPSA) is 54.7 Å². The summed E-state index contributed by atoms with van der Waals surface area (Å²) >= 11 is 0. The number of hydrogen-bond donors (Lipinski definition) is 1. The Kier molecular flexibility index (Phi) is 3.81. The Balaban J connectivity index is 1.97. The van der Waals surface area contributed by atoms with Crippen molar-refractivity contribution in [2.45, 2.75) is 13.5 Å². The fourth-order valence-electron chi connectivity index (χ4n) is 2.12. The number of aryl methyl sites for hydroxylation is 1. The van der Waals surface area contributed by atoms with E-state index in [9.17, 15) is 4.79 Å². The molecule has 0 saturated carbocycles. The van der Waals surface area contributed by atoms with Gasteiger partial charge < -0.3 is 14.4 Å². The molecule has 94 valence electrons. The summed E-state index contributed by atoms with van der Waals surface area (Å²) in [6, 6.07) is 3.51. The molecule has 1 aromatic rings. The maximum atomic E-state index is 11.0. The van der Waals surface area contributed by atoms with Gasteiger partial charge in [-0.15, -0.1) is 0 Å². The predicted octanol–water partition coefficient (Wildman–Crippen LogP) is 0.827. The largest absolute Gasteiger partial charge is 0.477 e. The highest BCUT2D eigenvalue weighted by molar-refractivity contribution is 5.86. The Morgan fingerprint density at radius 3 is 2.71 bits per heavy atom. The second-order valence-corrected chi connectivity index (χ2v) is 4.27. The van der Waals surface area contributed by atoms with Crippen LogP contribution in [0.3, 0.4) is 0 Å². The van der Waals surface area contributed by atoms with Crippen LogP contribution in [0.5, 0.6) is 0 Å². The lowest BCUT2D eigenvalue weighted by molar-refractivity contribution is 0.0360. The van der Waals surface area contributed by atoms with Crippen LogP contribution in [-0.2, 0) is 11.3 Å². The highest BCUT2D eigenvalue weighted by Crippen LogP contribution is 2.09. The molecule has 1 N–H and O–H groups in total. The molecule has 2 rings (SSSR count). The van der Waals surface area contributed by atoms with Crippen molar-refractivity contribution < 1.29 is 14.6 Å². The van der Waals surface area contributed by atoms with Crippen molar-refractivity contribution in [3.8, 4) is 0 Å². The van der Waals surface area contributed by atoms with Crippen molar-refractivity contribution in [1.29, 1.82) is 0 Å². The normalized spacial score (nSPS) is 17.2. The Morgan fingerprint density at radius 1 is 1.35 bits per heavy atom. The number of carboxylic acids is 1. The second-order valence-electron chi connectivity index (χ2n) is 4.27. The third kappa shape index (κ3) is 2.87. The van der Waals surface area contributed by atoms with Crippen molar-refractivity contribution in [2.24, 2.45) is 0 Å². The van der Waals surface area contributed by atoms with E-state index < -0.39 is 5.97 Å². The monoisotopic (exact) mass is 238 g/mol. The third-order valence-electron chi connectivity index (χ3n) is 3.16. The van der Waals surface area contributed by atoms with E-state index in [1.165, 1.54) is 0 Å². The molecule has 1 aliphatic heterocycles. The van der Waals surface area contributed by atoms with Crippen LogP contribution in [0.25, 0.3) is 0 Å². The van der Waals surface area contributed by atoms with E-state index in [0.29, 0.717) is 5.69 Å². The molecule has 0 amide bonds. The van der Waals surface area contributed by atoms with Crippen molar-refractivity contribution in [3.05, 3.63) is 23.5 Å². The molecular weight excluding hydrogens is 220 g/mol. The Hall–Kier alpha value is -1.33. The summed E-state index contributed by atoms with van der Waals surface area (Å²) in [5.74, 6) is -0.861. The van der Waals surface area contributed by atoms with Crippen LogP contribution >= 0.6 is 0 Å². The van der Waals surface area contributed by atoms with Gasteiger partial charge in [-0.25, -0.2) is 4.79 Å². The van der Waals surface area contributed by atoms with Crippen LogP contribution in [0, 0.1) is 6.92 Å². The minimum Gasteiger partial charge on any atom is -0.477 e. The zero-order chi connectivity index (χ0) is 12.3. The maximum absolute atomic E-state index is 11.0. The van der Waals surface area contributed by atoms with E-state index in [0.717, 1.165) is 45.1 Å². The van der Waals surface area contributed by atoms with E-state index in [-0.39, 0.29) is 0 Å². The first kappa shape index (κ1) is 12.1. The number of carboxylic acid groups (broad SMARTS) is 1. The molecule has 0 atom stereocenters. The molecular formula is C12H18N2O3. The molecule has 1 fully saturated rings. The number of morpholine rings is 1. The summed E-state index contributed by atoms with van der Waals surface area (Å²) in [6.45, 7) is 6.95. The number of aromatic carboxylic acids is 1. The van der Waals surface area contributed by atoms with E-state index in [1.54, 1.807) is 6.07 Å². The van der Waals surface area contributed by atoms with Crippen LogP contribution in [0.2, 0.25) is 0 Å². The maximum Gasteiger partial charge on any atom is 0.352 e. The molecule has 0 spiro atoms. The fraction of sp³-hybridized carbons (Fsp3) is 0.583. The molecule has 1 aromatic heterocycles. The van der Waals surface area contributed by atoms with Gasteiger partial charge in [-0.1, -0.05) is 0 Å². The van der Waals surface area contributed by atoms with Gasteiger partial charge >= 0.3 is 5.97 Å². The molecule has 5 nitrogen and oxygen atoms in total. The van der Waals surface area contributed by atoms with Crippen molar-refractivity contribution >= 4 is 5.97 Å². The summed E-state index contributed by atoms with van der Waals surface area (Å²) in [6.07, 6.45) is 0. The molecule has 0 unspecified atom stereocenters. The lowest BCUT2D eigenvalue weighted by Gasteiger charge is -2.27. The average molecular weight is 238 g/mol. The van der Waals surface area contributed by atoms with E-state index in [1.807, 2.05) is 17.6 Å². The summed E-state index contributed by atoms with van der Waals surface area (Å²) in [4.78, 5) is 13.3. The SMILES string of the molecule is Cc1ccc(C(=O)O)n1CCN1CCOCC1. The van der Waals surface area contributed by atoms with Crippen LogP contribution < -0.4 is 0 Å². The highest BCUT2D eigenvalue weighted by Gasteiger charge is 2.14. The zero-order valence-corrected chi connectivity index (χ0v) is 10.1.